The molecule has 1 aliphatic rings. The van der Waals surface area contributed by atoms with Crippen LogP contribution in [0.15, 0.2) is 58.3 Å². The maximum absolute atomic E-state index is 12.7. The molecule has 0 saturated carbocycles. The molecule has 2 aromatic rings. The maximum Gasteiger partial charge on any atom is 0.305 e. The number of carbonyl (C=O) groups is 1. The van der Waals surface area contributed by atoms with Crippen molar-refractivity contribution in [3.63, 3.8) is 0 Å². The summed E-state index contributed by atoms with van der Waals surface area (Å²) < 4.78 is 12.7. The van der Waals surface area contributed by atoms with E-state index in [9.17, 15) is 9.00 Å². The predicted octanol–water partition coefficient (Wildman–Crippen LogP) is 3.61. The van der Waals surface area contributed by atoms with Crippen LogP contribution in [-0.2, 0) is 15.6 Å². The van der Waals surface area contributed by atoms with E-state index in [4.69, 9.17) is 5.11 Å². The average Bonchev–Trinajstić information content (AvgIpc) is 3.02. The molecule has 1 aliphatic heterocycles. The van der Waals surface area contributed by atoms with Crippen LogP contribution >= 0.6 is 0 Å². The van der Waals surface area contributed by atoms with Gasteiger partial charge in [-0.2, -0.15) is 0 Å². The van der Waals surface area contributed by atoms with E-state index in [1.165, 1.54) is 0 Å². The Hall–Kier alpha value is -2.14. The second-order valence-electron chi connectivity index (χ2n) is 6.12. The molecule has 0 spiro atoms. The Balaban J connectivity index is 1.79. The van der Waals surface area contributed by atoms with Crippen LogP contribution in [0.1, 0.15) is 24.8 Å². The Morgan fingerprint density at radius 3 is 2.58 bits per heavy atom. The van der Waals surface area contributed by atoms with Crippen LogP contribution < -0.4 is 4.90 Å². The van der Waals surface area contributed by atoms with Gasteiger partial charge in [0.1, 0.15) is 0 Å². The molecule has 0 amide bonds. The van der Waals surface area contributed by atoms with Crippen molar-refractivity contribution < 1.29 is 14.1 Å². The van der Waals surface area contributed by atoms with Crippen LogP contribution in [0.5, 0.6) is 0 Å². The predicted molar refractivity (Wildman–Crippen MR) is 94.9 cm³/mol. The van der Waals surface area contributed by atoms with Crippen molar-refractivity contribution in [3.05, 3.63) is 54.1 Å². The van der Waals surface area contributed by atoms with Crippen molar-refractivity contribution in [2.45, 2.75) is 42.0 Å². The number of hydrogen-bond donors (Lipinski definition) is 1. The first-order valence-electron chi connectivity index (χ1n) is 8.12. The van der Waals surface area contributed by atoms with Gasteiger partial charge in [-0.3, -0.25) is 4.79 Å². The van der Waals surface area contributed by atoms with Crippen molar-refractivity contribution in [1.82, 2.24) is 0 Å². The minimum Gasteiger partial charge on any atom is -0.481 e. The normalized spacial score (nSPS) is 18.5. The summed E-state index contributed by atoms with van der Waals surface area (Å²) in [4.78, 5) is 14.7. The molecule has 0 aromatic heterocycles. The molecule has 0 bridgehead atoms. The van der Waals surface area contributed by atoms with Crippen molar-refractivity contribution in [2.24, 2.45) is 0 Å². The summed E-state index contributed by atoms with van der Waals surface area (Å²) in [5, 5.41) is 9.04. The van der Waals surface area contributed by atoms with Crippen LogP contribution in [0.3, 0.4) is 0 Å². The molecule has 24 heavy (non-hydrogen) atoms. The second kappa shape index (κ2) is 7.18. The van der Waals surface area contributed by atoms with E-state index in [0.29, 0.717) is 0 Å². The van der Waals surface area contributed by atoms with Crippen molar-refractivity contribution in [1.29, 1.82) is 0 Å². The Labute approximate surface area is 144 Å². The Morgan fingerprint density at radius 2 is 1.92 bits per heavy atom. The van der Waals surface area contributed by atoms with Crippen LogP contribution in [0.2, 0.25) is 0 Å². The molecule has 0 radical (unpaired) electrons. The molecular formula is C19H21NO3S. The third-order valence-electron chi connectivity index (χ3n) is 4.46. The van der Waals surface area contributed by atoms with Gasteiger partial charge in [-0.1, -0.05) is 18.2 Å². The lowest BCUT2D eigenvalue weighted by atomic mass is 10.1. The number of benzene rings is 2. The number of nitrogens with zero attached hydrogens (tertiary/aromatic N) is 1. The molecule has 126 valence electrons. The lowest BCUT2D eigenvalue weighted by Gasteiger charge is -2.25. The van der Waals surface area contributed by atoms with E-state index in [2.05, 4.69) is 4.90 Å². The van der Waals surface area contributed by atoms with Gasteiger partial charge in [-0.05, 0) is 55.7 Å². The van der Waals surface area contributed by atoms with Gasteiger partial charge in [0.05, 0.1) is 17.2 Å². The Morgan fingerprint density at radius 1 is 1.21 bits per heavy atom. The molecule has 1 unspecified atom stereocenters. The van der Waals surface area contributed by atoms with Crippen LogP contribution in [0, 0.1) is 6.92 Å². The number of hydrogen-bond acceptors (Lipinski definition) is 3. The summed E-state index contributed by atoms with van der Waals surface area (Å²) in [7, 11) is -1.20. The number of rotatable bonds is 5. The summed E-state index contributed by atoms with van der Waals surface area (Å²) in [5.74, 6) is -0.760. The van der Waals surface area contributed by atoms with Gasteiger partial charge in [0.15, 0.2) is 0 Å². The molecule has 3 rings (SSSR count). The summed E-state index contributed by atoms with van der Waals surface area (Å²) >= 11 is 0. The van der Waals surface area contributed by atoms with E-state index >= 15 is 0 Å². The zero-order valence-electron chi connectivity index (χ0n) is 13.6. The van der Waals surface area contributed by atoms with Crippen LogP contribution in [0.4, 0.5) is 5.69 Å². The smallest absolute Gasteiger partial charge is 0.305 e. The lowest BCUT2D eigenvalue weighted by molar-refractivity contribution is -0.137. The van der Waals surface area contributed by atoms with Gasteiger partial charge in [-0.25, -0.2) is 4.21 Å². The lowest BCUT2D eigenvalue weighted by Crippen LogP contribution is -2.31. The Bertz CT molecular complexity index is 757. The number of carboxylic acid groups (broad SMARTS) is 1. The van der Waals surface area contributed by atoms with E-state index in [0.717, 1.165) is 40.4 Å². The standard InChI is InChI=1S/C19H21NO3S/c1-14-5-2-3-7-18(14)24(23)17-10-8-15(9-11-17)20-12-4-6-16(20)13-19(21)22/h2-3,5,7-11,16H,4,6,12-13H2,1H3,(H,21,22)/t16-,24?/m0/s1. The fourth-order valence-electron chi connectivity index (χ4n) is 3.24. The van der Waals surface area contributed by atoms with Gasteiger partial charge in [0, 0.05) is 28.1 Å². The quantitative estimate of drug-likeness (QED) is 0.901. The van der Waals surface area contributed by atoms with Gasteiger partial charge in [-0.15, -0.1) is 0 Å². The van der Waals surface area contributed by atoms with E-state index in [-0.39, 0.29) is 12.5 Å². The minimum absolute atomic E-state index is 0.0511. The average molecular weight is 343 g/mol. The van der Waals surface area contributed by atoms with Gasteiger partial charge < -0.3 is 10.0 Å². The minimum atomic E-state index is -1.20. The highest BCUT2D eigenvalue weighted by Gasteiger charge is 2.26. The van der Waals surface area contributed by atoms with Gasteiger partial charge >= 0.3 is 5.97 Å². The van der Waals surface area contributed by atoms with Crippen molar-refractivity contribution in [2.75, 3.05) is 11.4 Å². The van der Waals surface area contributed by atoms with Gasteiger partial charge in [0.2, 0.25) is 0 Å². The molecule has 1 heterocycles. The third-order valence-corrected chi connectivity index (χ3v) is 6.02. The molecule has 0 aliphatic carbocycles. The zero-order chi connectivity index (χ0) is 17.1. The first kappa shape index (κ1) is 16.7. The molecule has 2 aromatic carbocycles. The topological polar surface area (TPSA) is 57.6 Å². The van der Waals surface area contributed by atoms with Crippen molar-refractivity contribution >= 4 is 22.5 Å². The van der Waals surface area contributed by atoms with E-state index in [1.54, 1.807) is 0 Å². The summed E-state index contributed by atoms with van der Waals surface area (Å²) in [6, 6.07) is 15.4. The fourth-order valence-corrected chi connectivity index (χ4v) is 4.44. The molecule has 1 fully saturated rings. The third kappa shape index (κ3) is 3.51. The molecule has 1 saturated heterocycles. The molecule has 4 nitrogen and oxygen atoms in total. The number of carboxylic acids is 1. The Kier molecular flexibility index (Phi) is 5.00. The first-order valence-corrected chi connectivity index (χ1v) is 9.27. The van der Waals surface area contributed by atoms with Crippen LogP contribution in [-0.4, -0.2) is 27.9 Å². The highest BCUT2D eigenvalue weighted by molar-refractivity contribution is 7.85. The van der Waals surface area contributed by atoms with Gasteiger partial charge in [0.25, 0.3) is 0 Å². The van der Waals surface area contributed by atoms with E-state index in [1.807, 2.05) is 55.5 Å². The summed E-state index contributed by atoms with van der Waals surface area (Å²) in [6.45, 7) is 2.83. The first-order chi connectivity index (χ1) is 11.6. The van der Waals surface area contributed by atoms with Crippen molar-refractivity contribution in [3.8, 4) is 0 Å². The number of aryl methyl sites for hydroxylation is 1. The molecular weight excluding hydrogens is 322 g/mol. The largest absolute Gasteiger partial charge is 0.481 e. The van der Waals surface area contributed by atoms with Crippen LogP contribution in [0.25, 0.3) is 0 Å². The monoisotopic (exact) mass is 343 g/mol. The fraction of sp³-hybridized carbons (Fsp3) is 0.316. The highest BCUT2D eigenvalue weighted by atomic mass is 32.2. The van der Waals surface area contributed by atoms with E-state index < -0.39 is 16.8 Å². The summed E-state index contributed by atoms with van der Waals surface area (Å²) in [6.07, 6.45) is 2.08. The second-order valence-corrected chi connectivity index (χ2v) is 7.56. The maximum atomic E-state index is 12.7. The molecule has 2 atom stereocenters. The zero-order valence-corrected chi connectivity index (χ0v) is 14.5. The summed E-state index contributed by atoms with van der Waals surface area (Å²) in [5.41, 5.74) is 2.02. The SMILES string of the molecule is Cc1ccccc1S(=O)c1ccc(N2CCC[C@H]2CC(=O)O)cc1. The molecule has 1 N–H and O–H groups in total. The number of anilines is 1. The molecule has 5 heteroatoms. The number of aliphatic carboxylic acids is 1. The highest BCUT2D eigenvalue weighted by Crippen LogP contribution is 2.29.